The summed E-state index contributed by atoms with van der Waals surface area (Å²) in [6.07, 6.45) is 0.700. The minimum absolute atomic E-state index is 0.393. The Balaban J connectivity index is 2.13. The second-order valence-corrected chi connectivity index (χ2v) is 5.89. The smallest absolute Gasteiger partial charge is 0.407 e. The highest BCUT2D eigenvalue weighted by Gasteiger charge is 2.36. The molecule has 7 heteroatoms. The molecule has 0 aromatic carbocycles. The Morgan fingerprint density at radius 1 is 1.57 bits per heavy atom. The quantitative estimate of drug-likeness (QED) is 0.844. The van der Waals surface area contributed by atoms with Gasteiger partial charge in [0, 0.05) is 19.2 Å². The van der Waals surface area contributed by atoms with E-state index in [4.69, 9.17) is 9.84 Å². The summed E-state index contributed by atoms with van der Waals surface area (Å²) in [5.41, 5.74) is 0.395. The minimum Gasteiger partial charge on any atom is -0.481 e. The summed E-state index contributed by atoms with van der Waals surface area (Å²) in [4.78, 5) is 16.6. The number of piperidine rings is 1. The lowest BCUT2D eigenvalue weighted by Gasteiger charge is -2.36. The maximum absolute atomic E-state index is 10.9. The van der Waals surface area contributed by atoms with E-state index in [1.807, 2.05) is 6.07 Å². The molecular formula is C14H16BrN3O3. The second-order valence-electron chi connectivity index (χ2n) is 5.14. The Labute approximate surface area is 131 Å². The lowest BCUT2D eigenvalue weighted by atomic mass is 9.75. The fourth-order valence-electron chi connectivity index (χ4n) is 2.51. The fourth-order valence-corrected chi connectivity index (χ4v) is 2.96. The molecule has 1 N–H and O–H groups in total. The van der Waals surface area contributed by atoms with Crippen molar-refractivity contribution in [2.24, 2.45) is 5.41 Å². The third-order valence-electron chi connectivity index (χ3n) is 3.87. The number of aromatic nitrogens is 1. The van der Waals surface area contributed by atoms with Gasteiger partial charge < -0.3 is 14.7 Å². The number of carbonyl (C=O) groups is 1. The number of nitrogens with zero attached hydrogens (tertiary/aromatic N) is 3. The van der Waals surface area contributed by atoms with Gasteiger partial charge >= 0.3 is 6.09 Å². The van der Waals surface area contributed by atoms with E-state index in [0.717, 1.165) is 5.56 Å². The van der Waals surface area contributed by atoms with E-state index >= 15 is 0 Å². The van der Waals surface area contributed by atoms with Crippen molar-refractivity contribution in [3.8, 4) is 11.9 Å². The van der Waals surface area contributed by atoms with E-state index in [9.17, 15) is 10.1 Å². The first-order chi connectivity index (χ1) is 9.99. The van der Waals surface area contributed by atoms with Crippen LogP contribution in [-0.4, -0.2) is 41.3 Å². The van der Waals surface area contributed by atoms with Crippen LogP contribution in [0.5, 0.6) is 5.88 Å². The standard InChI is InChI=1S/C14H16BrN3O3/c1-21-11-3-2-10(12(15)17-11)8-14(9-16)4-6-18(7-5-14)13(19)20/h2-3H,4-8H2,1H3,(H,19,20). The van der Waals surface area contributed by atoms with Crippen LogP contribution in [0.3, 0.4) is 0 Å². The van der Waals surface area contributed by atoms with Crippen LogP contribution in [0.15, 0.2) is 16.7 Å². The van der Waals surface area contributed by atoms with Gasteiger partial charge in [-0.3, -0.25) is 0 Å². The summed E-state index contributed by atoms with van der Waals surface area (Å²) < 4.78 is 5.72. The van der Waals surface area contributed by atoms with Gasteiger partial charge in [0.15, 0.2) is 0 Å². The van der Waals surface area contributed by atoms with E-state index in [0.29, 0.717) is 42.8 Å². The number of pyridine rings is 1. The Kier molecular flexibility index (Phi) is 4.68. The van der Waals surface area contributed by atoms with Gasteiger partial charge in [-0.25, -0.2) is 9.78 Å². The van der Waals surface area contributed by atoms with Crippen LogP contribution in [-0.2, 0) is 6.42 Å². The number of amides is 1. The van der Waals surface area contributed by atoms with Crippen LogP contribution >= 0.6 is 15.9 Å². The molecular weight excluding hydrogens is 338 g/mol. The van der Waals surface area contributed by atoms with Crippen molar-refractivity contribution in [3.63, 3.8) is 0 Å². The lowest BCUT2D eigenvalue weighted by Crippen LogP contribution is -2.43. The molecule has 1 saturated heterocycles. The fraction of sp³-hybridized carbons (Fsp3) is 0.500. The molecule has 1 aliphatic rings. The van der Waals surface area contributed by atoms with Crippen molar-refractivity contribution < 1.29 is 14.6 Å². The number of hydrogen-bond donors (Lipinski definition) is 1. The molecule has 21 heavy (non-hydrogen) atoms. The number of methoxy groups -OCH3 is 1. The normalized spacial score (nSPS) is 17.1. The predicted molar refractivity (Wildman–Crippen MR) is 79.1 cm³/mol. The van der Waals surface area contributed by atoms with Crippen molar-refractivity contribution >= 4 is 22.0 Å². The first kappa shape index (κ1) is 15.6. The number of halogens is 1. The molecule has 6 nitrogen and oxygen atoms in total. The highest BCUT2D eigenvalue weighted by atomic mass is 79.9. The largest absolute Gasteiger partial charge is 0.481 e. The maximum atomic E-state index is 10.9. The molecule has 0 spiro atoms. The molecule has 2 rings (SSSR count). The predicted octanol–water partition coefficient (Wildman–Crippen LogP) is 2.68. The van der Waals surface area contributed by atoms with E-state index in [1.165, 1.54) is 4.90 Å². The van der Waals surface area contributed by atoms with Crippen molar-refractivity contribution in [3.05, 3.63) is 22.3 Å². The van der Waals surface area contributed by atoms with Crippen LogP contribution in [0.2, 0.25) is 0 Å². The third kappa shape index (κ3) is 3.45. The average Bonchev–Trinajstić information content (AvgIpc) is 2.49. The zero-order valence-electron chi connectivity index (χ0n) is 11.7. The van der Waals surface area contributed by atoms with Gasteiger partial charge in [-0.05, 0) is 40.8 Å². The third-order valence-corrected chi connectivity index (χ3v) is 4.55. The van der Waals surface area contributed by atoms with Gasteiger partial charge in [0.1, 0.15) is 4.60 Å². The molecule has 0 unspecified atom stereocenters. The number of rotatable bonds is 3. The summed E-state index contributed by atoms with van der Waals surface area (Å²) in [5.74, 6) is 0.511. The first-order valence-corrected chi connectivity index (χ1v) is 7.37. The van der Waals surface area contributed by atoms with Gasteiger partial charge in [0.05, 0.1) is 18.6 Å². The highest BCUT2D eigenvalue weighted by Crippen LogP contribution is 2.36. The summed E-state index contributed by atoms with van der Waals surface area (Å²) >= 11 is 3.40. The Hall–Kier alpha value is -1.81. The van der Waals surface area contributed by atoms with Gasteiger partial charge in [-0.2, -0.15) is 5.26 Å². The topological polar surface area (TPSA) is 86.5 Å². The average molecular weight is 354 g/mol. The molecule has 112 valence electrons. The number of carboxylic acid groups (broad SMARTS) is 1. The van der Waals surface area contributed by atoms with E-state index in [2.05, 4.69) is 27.0 Å². The van der Waals surface area contributed by atoms with Gasteiger partial charge in [0.2, 0.25) is 5.88 Å². The van der Waals surface area contributed by atoms with Crippen LogP contribution in [0.25, 0.3) is 0 Å². The van der Waals surface area contributed by atoms with Crippen LogP contribution in [0, 0.1) is 16.7 Å². The molecule has 2 heterocycles. The summed E-state index contributed by atoms with van der Waals surface area (Å²) in [6, 6.07) is 6.03. The summed E-state index contributed by atoms with van der Waals surface area (Å²) in [7, 11) is 1.55. The number of ether oxygens (including phenoxy) is 1. The number of hydrogen-bond acceptors (Lipinski definition) is 4. The van der Waals surface area contributed by atoms with Gasteiger partial charge in [-0.15, -0.1) is 0 Å². The monoisotopic (exact) mass is 353 g/mol. The Bertz CT molecular complexity index is 577. The van der Waals surface area contributed by atoms with Crippen LogP contribution < -0.4 is 4.74 Å². The Morgan fingerprint density at radius 2 is 2.24 bits per heavy atom. The molecule has 0 aliphatic carbocycles. The summed E-state index contributed by atoms with van der Waals surface area (Å²) in [5, 5.41) is 18.5. The highest BCUT2D eigenvalue weighted by molar-refractivity contribution is 9.10. The zero-order valence-corrected chi connectivity index (χ0v) is 13.3. The lowest BCUT2D eigenvalue weighted by molar-refractivity contribution is 0.110. The maximum Gasteiger partial charge on any atom is 0.407 e. The van der Waals surface area contributed by atoms with E-state index in [-0.39, 0.29) is 0 Å². The molecule has 0 atom stereocenters. The van der Waals surface area contributed by atoms with Gasteiger partial charge in [0.25, 0.3) is 0 Å². The van der Waals surface area contributed by atoms with Crippen molar-refractivity contribution in [1.82, 2.24) is 9.88 Å². The molecule has 1 amide bonds. The summed E-state index contributed by atoms with van der Waals surface area (Å²) in [6.45, 7) is 0.786. The SMILES string of the molecule is COc1ccc(CC2(C#N)CCN(C(=O)O)CC2)c(Br)n1. The van der Waals surface area contributed by atoms with Crippen LogP contribution in [0.4, 0.5) is 4.79 Å². The molecule has 0 saturated carbocycles. The van der Waals surface area contributed by atoms with Crippen molar-refractivity contribution in [2.45, 2.75) is 19.3 Å². The van der Waals surface area contributed by atoms with Crippen molar-refractivity contribution in [2.75, 3.05) is 20.2 Å². The first-order valence-electron chi connectivity index (χ1n) is 6.58. The molecule has 1 aromatic rings. The van der Waals surface area contributed by atoms with E-state index in [1.54, 1.807) is 13.2 Å². The molecule has 0 bridgehead atoms. The van der Waals surface area contributed by atoms with Gasteiger partial charge in [-0.1, -0.05) is 6.07 Å². The number of nitriles is 1. The zero-order chi connectivity index (χ0) is 15.5. The van der Waals surface area contributed by atoms with E-state index < -0.39 is 11.5 Å². The molecule has 1 fully saturated rings. The molecule has 0 radical (unpaired) electrons. The minimum atomic E-state index is -0.922. The molecule has 1 aliphatic heterocycles. The number of likely N-dealkylation sites (tertiary alicyclic amines) is 1. The van der Waals surface area contributed by atoms with Crippen LogP contribution in [0.1, 0.15) is 18.4 Å². The van der Waals surface area contributed by atoms with Crippen molar-refractivity contribution in [1.29, 1.82) is 5.26 Å². The Morgan fingerprint density at radius 3 is 2.71 bits per heavy atom. The molecule has 1 aromatic heterocycles. The second kappa shape index (κ2) is 6.31.